The zero-order chi connectivity index (χ0) is 80.5. The highest BCUT2D eigenvalue weighted by atomic mass is 35.5. The number of pyridine rings is 2. The van der Waals surface area contributed by atoms with Gasteiger partial charge in [0.2, 0.25) is 10.6 Å². The van der Waals surface area contributed by atoms with Crippen molar-refractivity contribution in [2.24, 2.45) is 0 Å². The Balaban J connectivity index is 0.000000162. The van der Waals surface area contributed by atoms with Gasteiger partial charge in [0.1, 0.15) is 0 Å². The largest absolute Gasteiger partial charge is 0.569 e. The third kappa shape index (κ3) is 18.8. The van der Waals surface area contributed by atoms with Crippen molar-refractivity contribution in [3.63, 3.8) is 0 Å². The summed E-state index contributed by atoms with van der Waals surface area (Å²) in [5.41, 5.74) is 27.0. The van der Waals surface area contributed by atoms with Crippen molar-refractivity contribution in [2.75, 3.05) is 0 Å². The first kappa shape index (κ1) is 76.5. The molecule has 6 heterocycles. The minimum absolute atomic E-state index is 0. The van der Waals surface area contributed by atoms with E-state index >= 15 is 0 Å². The van der Waals surface area contributed by atoms with Crippen LogP contribution in [0.2, 0.25) is 10.6 Å². The van der Waals surface area contributed by atoms with E-state index in [2.05, 4.69) is 209 Å². The average Bonchev–Trinajstić information content (AvgIpc) is 0.770. The number of hydrogen-bond donors (Lipinski definition) is 1. The Hall–Kier alpha value is -15.1. The molecule has 0 unspecified atom stereocenters. The molecule has 15 heteroatoms. The number of benzene rings is 13. The highest BCUT2D eigenvalue weighted by molar-refractivity contribution is 6.29. The fraction of sp³-hybridized carbons (Fsp3) is 0. The van der Waals surface area contributed by atoms with Crippen molar-refractivity contribution in [1.29, 1.82) is 0 Å². The average molecular weight is 1580 g/mol. The molecule has 13 aromatic carbocycles. The van der Waals surface area contributed by atoms with Gasteiger partial charge in [0.05, 0.1) is 74.1 Å². The van der Waals surface area contributed by atoms with E-state index < -0.39 is 0 Å². The van der Waals surface area contributed by atoms with Crippen molar-refractivity contribution in [2.45, 2.75) is 0 Å². The smallest absolute Gasteiger partial charge is 0.537 e. The summed E-state index contributed by atoms with van der Waals surface area (Å²) < 4.78 is 4.64. The van der Waals surface area contributed by atoms with E-state index in [9.17, 15) is 0 Å². The molecule has 0 bridgehead atoms. The van der Waals surface area contributed by atoms with Gasteiger partial charge in [0.25, 0.3) is 0 Å². The third-order valence-corrected chi connectivity index (χ3v) is 20.1. The number of para-hydroxylation sites is 1. The van der Waals surface area contributed by atoms with Gasteiger partial charge in [0.15, 0.2) is 11.6 Å². The van der Waals surface area contributed by atoms with Gasteiger partial charge in [0, 0.05) is 79.3 Å². The lowest BCUT2D eigenvalue weighted by Gasteiger charge is -2.15. The Morgan fingerprint density at radius 2 is 0.345 bits per heavy atom. The van der Waals surface area contributed by atoms with E-state index in [1.54, 1.807) is 12.1 Å². The van der Waals surface area contributed by atoms with E-state index in [0.717, 1.165) is 157 Å². The first-order valence-electron chi connectivity index (χ1n) is 38.6. The van der Waals surface area contributed by atoms with Gasteiger partial charge in [-0.3, -0.25) is 0 Å². The summed E-state index contributed by atoms with van der Waals surface area (Å²) in [4.78, 5) is 49.5. The van der Waals surface area contributed by atoms with Crippen LogP contribution in [-0.4, -0.2) is 62.5 Å². The first-order valence-corrected chi connectivity index (χ1v) is 39.4. The molecule has 0 aliphatic rings. The van der Waals surface area contributed by atoms with Crippen LogP contribution in [0.5, 0.6) is 5.75 Å². The first-order chi connectivity index (χ1) is 58.7. The maximum Gasteiger partial charge on any atom is 0.569 e. The van der Waals surface area contributed by atoms with Crippen LogP contribution in [0.25, 0.3) is 180 Å². The summed E-state index contributed by atoms with van der Waals surface area (Å²) in [6.45, 7) is 0. The summed E-state index contributed by atoms with van der Waals surface area (Å²) in [7, 11) is 0.662. The van der Waals surface area contributed by atoms with Crippen LogP contribution >= 0.6 is 23.2 Å². The number of rotatable bonds is 18. The SMILES string of the molecule is Clc1nc(-c2ccccc2)cc(-c2cc(-c3cc(-c4ccccc4)nc(-c4ccccc4)c3)cc(-c3cc(-c4ccccc4)nc(Cl)n3)c2)n1.O[B]Oc1ccccc1.[2HH].c1ccc(-c2cc(-c3cc(-c4cc(-c5ccccc5)nc(-c5ccccc5)n4)cc(-c4cc(-c5ccccc5)nc(-c5ccccc5)n4)c3)cc(-c3ccccc3)n2)cc1. The minimum atomic E-state index is 0. The second-order valence-corrected chi connectivity index (χ2v) is 28.5. The topological polar surface area (TPSA) is 158 Å². The molecule has 12 nitrogen and oxygen atoms in total. The quantitative estimate of drug-likeness (QED) is 0.0641. The van der Waals surface area contributed by atoms with Crippen LogP contribution in [0.4, 0.5) is 0 Å². The number of halogens is 2. The Bertz CT molecular complexity index is 5990. The van der Waals surface area contributed by atoms with E-state index in [-0.39, 0.29) is 12.0 Å². The normalized spacial score (nSPS) is 10.8. The summed E-state index contributed by atoms with van der Waals surface area (Å²) in [5.74, 6) is 1.95. The van der Waals surface area contributed by atoms with Crippen LogP contribution in [0, 0.1) is 0 Å². The van der Waals surface area contributed by atoms with E-state index in [4.69, 9.17) is 68.1 Å². The molecule has 0 aliphatic heterocycles. The van der Waals surface area contributed by atoms with E-state index in [0.29, 0.717) is 36.5 Å². The third-order valence-electron chi connectivity index (χ3n) is 19.8. The Kier molecular flexibility index (Phi) is 23.5. The van der Waals surface area contributed by atoms with Crippen molar-refractivity contribution in [3.8, 4) is 186 Å². The molecule has 0 atom stereocenters. The summed E-state index contributed by atoms with van der Waals surface area (Å²) in [6, 6.07) is 141. The summed E-state index contributed by atoms with van der Waals surface area (Å²) >= 11 is 13.2. The van der Waals surface area contributed by atoms with Gasteiger partial charge in [-0.2, -0.15) is 0 Å². The van der Waals surface area contributed by atoms with Crippen molar-refractivity contribution >= 4 is 30.9 Å². The molecule has 0 saturated carbocycles. The Labute approximate surface area is 702 Å². The molecule has 0 spiro atoms. The van der Waals surface area contributed by atoms with Crippen LogP contribution in [0.15, 0.2) is 419 Å². The van der Waals surface area contributed by atoms with Crippen molar-refractivity contribution in [3.05, 3.63) is 429 Å². The molecule has 0 amide bonds. The van der Waals surface area contributed by atoms with Crippen molar-refractivity contribution < 1.29 is 11.1 Å². The molecule has 19 rings (SSSR count). The van der Waals surface area contributed by atoms with Crippen LogP contribution < -0.4 is 4.65 Å². The van der Waals surface area contributed by atoms with E-state index in [1.807, 2.05) is 212 Å². The predicted molar refractivity (Wildman–Crippen MR) is 485 cm³/mol. The molecule has 119 heavy (non-hydrogen) atoms. The lowest BCUT2D eigenvalue weighted by Crippen LogP contribution is -1.98. The maximum atomic E-state index is 8.17. The van der Waals surface area contributed by atoms with Crippen LogP contribution in [0.3, 0.4) is 0 Å². The Morgan fingerprint density at radius 3 is 0.571 bits per heavy atom. The predicted octanol–water partition coefficient (Wildman–Crippen LogP) is 26.1. The highest BCUT2D eigenvalue weighted by Crippen LogP contribution is 2.41. The highest BCUT2D eigenvalue weighted by Gasteiger charge is 2.21. The second-order valence-electron chi connectivity index (χ2n) is 27.8. The molecule has 1 N–H and O–H groups in total. The molecular weight excluding hydrogens is 1500 g/mol. The van der Waals surface area contributed by atoms with Crippen LogP contribution in [-0.2, 0) is 0 Å². The number of hydrogen-bond acceptors (Lipinski definition) is 12. The molecular formula is C104H72BCl2N10O2. The summed E-state index contributed by atoms with van der Waals surface area (Å²) in [5, 5.41) is 8.49. The van der Waals surface area contributed by atoms with Gasteiger partial charge in [-0.25, -0.2) is 49.8 Å². The molecule has 0 aliphatic carbocycles. The van der Waals surface area contributed by atoms with Crippen LogP contribution in [0.1, 0.15) is 1.43 Å². The fourth-order valence-electron chi connectivity index (χ4n) is 13.9. The molecule has 0 saturated heterocycles. The molecule has 1 radical (unpaired) electrons. The van der Waals surface area contributed by atoms with Gasteiger partial charge < -0.3 is 9.68 Å². The maximum absolute atomic E-state index is 8.17. The zero-order valence-corrected chi connectivity index (χ0v) is 65.5. The molecule has 567 valence electrons. The standard InChI is InChI=1S/C55H37N5.C43H27Cl2N5.C6H6BO2.H2/c1-7-19-38(20-8-1)48-34-45(35-49(56-48)39-21-9-2-10-22-39)44-31-46(52-36-50(40-23-11-3-12-24-40)57-54(59-52)42-27-15-5-16-28-42)33-47(32-44)53-37-51(41-25-13-4-14-26-41)58-55(60-53)43-29-17-6-18-30-43;44-42-47-38(30-17-9-3-10-18-30)26-40(49-42)34-21-32(22-35(23-34)41-27-39(48-43(45)50-41)31-19-11-4-12-20-31)33-24-36(28-13-5-1-6-14-28)46-37(25-33)29-15-7-2-8-16-29;8-7-9-6-4-2-1-3-5-6;/h1-37H;1-27H;1-5,8H;1H/i;;;1+1. The molecule has 19 aromatic rings. The van der Waals surface area contributed by atoms with Gasteiger partial charge in [-0.1, -0.05) is 322 Å². The lowest BCUT2D eigenvalue weighted by molar-refractivity contribution is 0.454. The molecule has 6 aromatic heterocycles. The lowest BCUT2D eigenvalue weighted by atomic mass is 9.94. The Morgan fingerprint density at radius 1 is 0.176 bits per heavy atom. The van der Waals surface area contributed by atoms with E-state index in [1.165, 1.54) is 0 Å². The minimum Gasteiger partial charge on any atom is -0.537 e. The number of nitrogens with zero attached hydrogens (tertiary/aromatic N) is 10. The number of aromatic nitrogens is 10. The van der Waals surface area contributed by atoms with Gasteiger partial charge in [-0.15, -0.1) is 0 Å². The fourth-order valence-corrected chi connectivity index (χ4v) is 14.3. The zero-order valence-electron chi connectivity index (χ0n) is 64.0. The molecule has 0 fully saturated rings. The second kappa shape index (κ2) is 36.6. The summed E-state index contributed by atoms with van der Waals surface area (Å²) in [6.07, 6.45) is 0. The monoisotopic (exact) mass is 1570 g/mol. The van der Waals surface area contributed by atoms with Crippen molar-refractivity contribution in [1.82, 2.24) is 49.8 Å². The van der Waals surface area contributed by atoms with Gasteiger partial charge in [-0.05, 0) is 143 Å². The van der Waals surface area contributed by atoms with Gasteiger partial charge >= 0.3 is 7.69 Å².